The minimum absolute atomic E-state index is 0.0388. The maximum atomic E-state index is 11.9. The molecule has 0 fully saturated rings. The van der Waals surface area contributed by atoms with E-state index in [1.54, 1.807) is 0 Å². The fraction of sp³-hybridized carbons (Fsp3) is 0.643. The van der Waals surface area contributed by atoms with Gasteiger partial charge in [-0.05, 0) is 19.3 Å². The number of hydrogen-bond donors (Lipinski definition) is 6. The SMILES string of the molecule is NC(=O)CC[C@H](N)C(=O)NCC(=O)N[C@@H](CCCN=C(N)N)C(=O)CCl. The summed E-state index contributed by atoms with van der Waals surface area (Å²) in [5.74, 6) is -2.45. The highest BCUT2D eigenvalue weighted by Gasteiger charge is 2.20. The van der Waals surface area contributed by atoms with E-state index in [0.29, 0.717) is 19.4 Å². The lowest BCUT2D eigenvalue weighted by Crippen LogP contribution is -2.48. The van der Waals surface area contributed by atoms with Crippen LogP contribution in [0.3, 0.4) is 0 Å². The number of nitrogens with one attached hydrogen (secondary N) is 2. The molecule has 0 rings (SSSR count). The van der Waals surface area contributed by atoms with Crippen LogP contribution in [-0.2, 0) is 19.2 Å². The molecule has 2 atom stereocenters. The van der Waals surface area contributed by atoms with Crippen molar-refractivity contribution in [3.05, 3.63) is 0 Å². The molecular weight excluding hydrogens is 366 g/mol. The first-order chi connectivity index (χ1) is 12.2. The molecule has 3 amide bonds. The van der Waals surface area contributed by atoms with Gasteiger partial charge in [-0.3, -0.25) is 24.2 Å². The zero-order valence-electron chi connectivity index (χ0n) is 14.4. The summed E-state index contributed by atoms with van der Waals surface area (Å²) in [6.45, 7) is -0.0706. The molecular formula is C14H26ClN7O4. The van der Waals surface area contributed by atoms with Crippen molar-refractivity contribution in [2.75, 3.05) is 19.0 Å². The summed E-state index contributed by atoms with van der Waals surface area (Å²) < 4.78 is 0. The van der Waals surface area contributed by atoms with Crippen molar-refractivity contribution in [3.63, 3.8) is 0 Å². The molecule has 0 aliphatic carbocycles. The number of carbonyl (C=O) groups is 4. The third-order valence-electron chi connectivity index (χ3n) is 3.26. The molecule has 0 saturated heterocycles. The molecule has 10 N–H and O–H groups in total. The summed E-state index contributed by atoms with van der Waals surface area (Å²) in [6.07, 6.45) is 0.778. The summed E-state index contributed by atoms with van der Waals surface area (Å²) in [5.41, 5.74) is 20.9. The first-order valence-corrected chi connectivity index (χ1v) is 8.45. The summed E-state index contributed by atoms with van der Waals surface area (Å²) in [7, 11) is 0. The van der Waals surface area contributed by atoms with Crippen molar-refractivity contribution < 1.29 is 19.2 Å². The second-order valence-electron chi connectivity index (χ2n) is 5.50. The van der Waals surface area contributed by atoms with Crippen LogP contribution in [-0.4, -0.2) is 60.5 Å². The Morgan fingerprint density at radius 3 is 2.27 bits per heavy atom. The Hall–Kier alpha value is -2.40. The molecule has 12 heteroatoms. The van der Waals surface area contributed by atoms with Gasteiger partial charge < -0.3 is 33.6 Å². The van der Waals surface area contributed by atoms with Gasteiger partial charge >= 0.3 is 0 Å². The van der Waals surface area contributed by atoms with Crippen molar-refractivity contribution in [1.29, 1.82) is 0 Å². The number of guanidine groups is 1. The zero-order valence-corrected chi connectivity index (χ0v) is 15.1. The van der Waals surface area contributed by atoms with E-state index in [2.05, 4.69) is 15.6 Å². The Bertz CT molecular complexity index is 537. The standard InChI is InChI=1S/C14H26ClN7O4/c15-6-10(23)9(2-1-5-20-14(18)19)22-12(25)7-21-13(26)8(16)3-4-11(17)24/h8-9H,1-7,16H2,(H2,17,24)(H,21,26)(H,22,25)(H4,18,19,20)/t8-,9-/m0/s1. The number of hydrogen-bond acceptors (Lipinski definition) is 6. The first-order valence-electron chi connectivity index (χ1n) is 7.92. The number of primary amides is 1. The minimum atomic E-state index is -0.963. The second kappa shape index (κ2) is 12.9. The van der Waals surface area contributed by atoms with Crippen molar-refractivity contribution in [1.82, 2.24) is 10.6 Å². The van der Waals surface area contributed by atoms with E-state index >= 15 is 0 Å². The third kappa shape index (κ3) is 11.2. The largest absolute Gasteiger partial charge is 0.370 e. The molecule has 148 valence electrons. The van der Waals surface area contributed by atoms with Crippen LogP contribution in [0.25, 0.3) is 0 Å². The van der Waals surface area contributed by atoms with E-state index in [1.165, 1.54) is 0 Å². The number of nitrogens with two attached hydrogens (primary N) is 4. The van der Waals surface area contributed by atoms with Gasteiger partial charge in [-0.1, -0.05) is 0 Å². The average molecular weight is 392 g/mol. The number of ketones is 1. The van der Waals surface area contributed by atoms with Crippen molar-refractivity contribution in [3.8, 4) is 0 Å². The zero-order chi connectivity index (χ0) is 20.1. The van der Waals surface area contributed by atoms with E-state index in [-0.39, 0.29) is 37.0 Å². The maximum absolute atomic E-state index is 11.9. The van der Waals surface area contributed by atoms with Crippen molar-refractivity contribution >= 4 is 41.1 Å². The average Bonchev–Trinajstić information content (AvgIpc) is 2.58. The summed E-state index contributed by atoms with van der Waals surface area (Å²) in [4.78, 5) is 49.8. The lowest BCUT2D eigenvalue weighted by Gasteiger charge is -2.17. The highest BCUT2D eigenvalue weighted by Crippen LogP contribution is 2.01. The highest BCUT2D eigenvalue weighted by molar-refractivity contribution is 6.28. The van der Waals surface area contributed by atoms with Gasteiger partial charge in [0.15, 0.2) is 11.7 Å². The van der Waals surface area contributed by atoms with Crippen LogP contribution in [0.4, 0.5) is 0 Å². The number of alkyl halides is 1. The number of Topliss-reactive ketones (excluding diaryl/α,β-unsaturated/α-hetero) is 1. The second-order valence-corrected chi connectivity index (χ2v) is 5.77. The van der Waals surface area contributed by atoms with Gasteiger partial charge in [0, 0.05) is 13.0 Å². The monoisotopic (exact) mass is 391 g/mol. The molecule has 0 aromatic heterocycles. The van der Waals surface area contributed by atoms with Crippen LogP contribution in [0.2, 0.25) is 0 Å². The Kier molecular flexibility index (Phi) is 11.7. The van der Waals surface area contributed by atoms with Gasteiger partial charge in [-0.2, -0.15) is 0 Å². The molecule has 0 spiro atoms. The third-order valence-corrected chi connectivity index (χ3v) is 3.53. The van der Waals surface area contributed by atoms with Crippen LogP contribution in [0, 0.1) is 0 Å². The van der Waals surface area contributed by atoms with Gasteiger partial charge in [-0.15, -0.1) is 11.6 Å². The molecule has 0 aliphatic heterocycles. The normalized spacial score (nSPS) is 12.5. The quantitative estimate of drug-likeness (QED) is 0.0830. The smallest absolute Gasteiger partial charge is 0.239 e. The van der Waals surface area contributed by atoms with Gasteiger partial charge in [0.2, 0.25) is 17.7 Å². The molecule has 0 saturated carbocycles. The molecule has 11 nitrogen and oxygen atoms in total. The summed E-state index contributed by atoms with van der Waals surface area (Å²) in [6, 6.07) is -1.77. The van der Waals surface area contributed by atoms with E-state index in [9.17, 15) is 19.2 Å². The summed E-state index contributed by atoms with van der Waals surface area (Å²) >= 11 is 5.53. The van der Waals surface area contributed by atoms with E-state index in [4.69, 9.17) is 34.5 Å². The van der Waals surface area contributed by atoms with Gasteiger partial charge in [0.05, 0.1) is 24.5 Å². The van der Waals surface area contributed by atoms with E-state index in [0.717, 1.165) is 0 Å². The Morgan fingerprint density at radius 2 is 1.73 bits per heavy atom. The number of nitrogens with zero attached hydrogens (tertiary/aromatic N) is 1. The molecule has 0 unspecified atom stereocenters. The Balaban J connectivity index is 4.38. The molecule has 0 radical (unpaired) electrons. The predicted molar refractivity (Wildman–Crippen MR) is 97.0 cm³/mol. The fourth-order valence-electron chi connectivity index (χ4n) is 1.88. The molecule has 0 aromatic carbocycles. The number of rotatable bonds is 13. The first kappa shape index (κ1) is 23.6. The van der Waals surface area contributed by atoms with Gasteiger partial charge in [0.1, 0.15) is 0 Å². The van der Waals surface area contributed by atoms with Gasteiger partial charge in [-0.25, -0.2) is 0 Å². The van der Waals surface area contributed by atoms with Crippen LogP contribution in [0.1, 0.15) is 25.7 Å². The van der Waals surface area contributed by atoms with Crippen molar-refractivity contribution in [2.24, 2.45) is 27.9 Å². The number of aliphatic imine (C=N–C) groups is 1. The minimum Gasteiger partial charge on any atom is -0.370 e. The maximum Gasteiger partial charge on any atom is 0.239 e. The molecule has 0 bridgehead atoms. The van der Waals surface area contributed by atoms with Crippen molar-refractivity contribution in [2.45, 2.75) is 37.8 Å². The number of carbonyl (C=O) groups excluding carboxylic acids is 4. The topological polar surface area (TPSA) is 209 Å². The number of halogens is 1. The number of amides is 3. The summed E-state index contributed by atoms with van der Waals surface area (Å²) in [5, 5.41) is 4.81. The molecule has 0 heterocycles. The predicted octanol–water partition coefficient (Wildman–Crippen LogP) is -2.96. The van der Waals surface area contributed by atoms with Crippen LogP contribution >= 0.6 is 11.6 Å². The Labute approximate surface area is 156 Å². The lowest BCUT2D eigenvalue weighted by molar-refractivity contribution is -0.129. The fourth-order valence-corrected chi connectivity index (χ4v) is 2.07. The molecule has 0 aliphatic rings. The van der Waals surface area contributed by atoms with Gasteiger partial charge in [0.25, 0.3) is 0 Å². The van der Waals surface area contributed by atoms with Crippen LogP contribution < -0.4 is 33.6 Å². The van der Waals surface area contributed by atoms with Crippen LogP contribution in [0.15, 0.2) is 4.99 Å². The van der Waals surface area contributed by atoms with Crippen LogP contribution in [0.5, 0.6) is 0 Å². The van der Waals surface area contributed by atoms with E-state index in [1.807, 2.05) is 0 Å². The lowest BCUT2D eigenvalue weighted by atomic mass is 10.1. The molecule has 26 heavy (non-hydrogen) atoms. The van der Waals surface area contributed by atoms with E-state index < -0.39 is 29.8 Å². The Morgan fingerprint density at radius 1 is 1.08 bits per heavy atom. The molecule has 0 aromatic rings. The highest BCUT2D eigenvalue weighted by atomic mass is 35.5.